The molecule has 2 heterocycles. The summed E-state index contributed by atoms with van der Waals surface area (Å²) in [4.78, 5) is 22.8. The minimum Gasteiger partial charge on any atom is -0.359 e. The van der Waals surface area contributed by atoms with Crippen molar-refractivity contribution in [2.24, 2.45) is 10.9 Å². The monoisotopic (exact) mass is 352 g/mol. The lowest BCUT2D eigenvalue weighted by Gasteiger charge is -2.37. The number of hydrogen-bond donors (Lipinski definition) is 1. The number of pyridine rings is 1. The van der Waals surface area contributed by atoms with Crippen LogP contribution in [0, 0.1) is 5.92 Å². The molecule has 1 N–H and O–H groups in total. The molecule has 26 heavy (non-hydrogen) atoms. The van der Waals surface area contributed by atoms with Crippen molar-refractivity contribution < 1.29 is 4.79 Å². The van der Waals surface area contributed by atoms with E-state index in [2.05, 4.69) is 45.3 Å². The van der Waals surface area contributed by atoms with E-state index >= 15 is 0 Å². The maximum atomic E-state index is 11.6. The Morgan fingerprint density at radius 2 is 2.23 bits per heavy atom. The predicted octanol–water partition coefficient (Wildman–Crippen LogP) is 2.85. The number of piperidine rings is 1. The van der Waals surface area contributed by atoms with Crippen LogP contribution < -0.4 is 5.32 Å². The molecule has 2 atom stereocenters. The molecule has 5 nitrogen and oxygen atoms in total. The second kappa shape index (κ2) is 8.41. The number of carbonyl (C=O) groups excluding carboxylic acids is 1. The first-order chi connectivity index (χ1) is 12.6. The van der Waals surface area contributed by atoms with E-state index in [1.165, 1.54) is 17.4 Å². The van der Waals surface area contributed by atoms with Gasteiger partial charge in [0.15, 0.2) is 0 Å². The third kappa shape index (κ3) is 4.10. The molecule has 2 aromatic rings. The Hall–Kier alpha value is -2.27. The number of nitrogens with zero attached hydrogens (tertiary/aromatic N) is 3. The number of rotatable bonds is 5. The van der Waals surface area contributed by atoms with Crippen LogP contribution in [0.5, 0.6) is 0 Å². The van der Waals surface area contributed by atoms with Gasteiger partial charge in [-0.3, -0.25) is 14.8 Å². The summed E-state index contributed by atoms with van der Waals surface area (Å²) in [6.07, 6.45) is 5.45. The zero-order chi connectivity index (χ0) is 18.5. The third-order valence-electron chi connectivity index (χ3n) is 5.21. The summed E-state index contributed by atoms with van der Waals surface area (Å²) < 4.78 is 0. The maximum Gasteiger partial charge on any atom is 0.221 e. The minimum absolute atomic E-state index is 0.109. The predicted molar refractivity (Wildman–Crippen MR) is 107 cm³/mol. The first kappa shape index (κ1) is 18.5. The maximum absolute atomic E-state index is 11.6. The molecular weight excluding hydrogens is 324 g/mol. The van der Waals surface area contributed by atoms with E-state index in [0.29, 0.717) is 18.3 Å². The van der Waals surface area contributed by atoms with Crippen molar-refractivity contribution in [2.75, 3.05) is 33.7 Å². The normalized spacial score (nSPS) is 21.3. The van der Waals surface area contributed by atoms with E-state index in [4.69, 9.17) is 0 Å². The Bertz CT molecular complexity index is 802. The lowest BCUT2D eigenvalue weighted by molar-refractivity contribution is -0.121. The summed E-state index contributed by atoms with van der Waals surface area (Å²) in [5.74, 6) is 1.18. The van der Waals surface area contributed by atoms with Crippen molar-refractivity contribution in [1.29, 1.82) is 0 Å². The highest BCUT2D eigenvalue weighted by atomic mass is 16.1. The highest BCUT2D eigenvalue weighted by Gasteiger charge is 2.27. The van der Waals surface area contributed by atoms with Gasteiger partial charge in [0.05, 0.1) is 5.52 Å². The summed E-state index contributed by atoms with van der Waals surface area (Å²) in [7, 11) is 3.49. The van der Waals surface area contributed by atoms with Gasteiger partial charge in [-0.25, -0.2) is 0 Å². The van der Waals surface area contributed by atoms with Crippen LogP contribution in [0.3, 0.4) is 0 Å². The van der Waals surface area contributed by atoms with E-state index < -0.39 is 0 Å². The molecule has 1 aliphatic heterocycles. The highest BCUT2D eigenvalue weighted by molar-refractivity contribution is 5.98. The molecule has 1 saturated heterocycles. The third-order valence-corrected chi connectivity index (χ3v) is 5.21. The van der Waals surface area contributed by atoms with Gasteiger partial charge in [-0.1, -0.05) is 25.1 Å². The van der Waals surface area contributed by atoms with Gasteiger partial charge >= 0.3 is 0 Å². The van der Waals surface area contributed by atoms with E-state index in [9.17, 15) is 4.79 Å². The van der Waals surface area contributed by atoms with E-state index in [0.717, 1.165) is 30.7 Å². The Kier molecular flexibility index (Phi) is 5.99. The summed E-state index contributed by atoms with van der Waals surface area (Å²) in [5, 5.41) is 3.93. The van der Waals surface area contributed by atoms with Crippen LogP contribution in [0.1, 0.15) is 36.8 Å². The molecule has 5 heteroatoms. The zero-order valence-electron chi connectivity index (χ0n) is 15.9. The molecule has 1 aromatic heterocycles. The van der Waals surface area contributed by atoms with Gasteiger partial charge in [0.25, 0.3) is 0 Å². The van der Waals surface area contributed by atoms with Gasteiger partial charge in [-0.05, 0) is 29.9 Å². The van der Waals surface area contributed by atoms with Crippen LogP contribution in [0.4, 0.5) is 0 Å². The average Bonchev–Trinajstić information content (AvgIpc) is 2.66. The molecule has 138 valence electrons. The first-order valence-corrected chi connectivity index (χ1v) is 9.35. The van der Waals surface area contributed by atoms with Crippen molar-refractivity contribution in [3.05, 3.63) is 41.6 Å². The van der Waals surface area contributed by atoms with Gasteiger partial charge in [-0.15, -0.1) is 0 Å². The molecule has 1 fully saturated rings. The second-order valence-corrected chi connectivity index (χ2v) is 7.25. The van der Waals surface area contributed by atoms with Gasteiger partial charge in [0.2, 0.25) is 5.91 Å². The number of benzene rings is 1. The first-order valence-electron chi connectivity index (χ1n) is 9.35. The number of aliphatic imine (C=N–C) groups is 1. The number of nitrogens with one attached hydrogen (secondary N) is 1. The fourth-order valence-corrected chi connectivity index (χ4v) is 4.07. The second-order valence-electron chi connectivity index (χ2n) is 7.25. The number of hydrogen-bond acceptors (Lipinski definition) is 4. The van der Waals surface area contributed by atoms with Crippen LogP contribution in [0.25, 0.3) is 10.9 Å². The minimum atomic E-state index is 0.109. The molecule has 1 aromatic carbocycles. The van der Waals surface area contributed by atoms with Crippen molar-refractivity contribution in [3.63, 3.8) is 0 Å². The number of aromatic nitrogens is 1. The summed E-state index contributed by atoms with van der Waals surface area (Å²) in [6.45, 7) is 5.17. The molecular formula is C21H28N4O. The number of fused-ring (bicyclic) bond motifs is 1. The summed E-state index contributed by atoms with van der Waals surface area (Å²) in [6, 6.07) is 8.54. The Morgan fingerprint density at radius 3 is 3.00 bits per heavy atom. The lowest BCUT2D eigenvalue weighted by atomic mass is 9.83. The van der Waals surface area contributed by atoms with Crippen LogP contribution in [-0.2, 0) is 4.79 Å². The largest absolute Gasteiger partial charge is 0.359 e. The Labute approximate surface area is 155 Å². The number of amides is 1. The van der Waals surface area contributed by atoms with Crippen molar-refractivity contribution in [3.8, 4) is 0 Å². The molecule has 0 radical (unpaired) electrons. The molecule has 2 unspecified atom stereocenters. The van der Waals surface area contributed by atoms with Crippen LogP contribution >= 0.6 is 0 Å². The summed E-state index contributed by atoms with van der Waals surface area (Å²) >= 11 is 0. The van der Waals surface area contributed by atoms with E-state index in [1.807, 2.05) is 18.5 Å². The molecule has 0 saturated carbocycles. The number of likely N-dealkylation sites (tertiary alicyclic amines) is 1. The molecule has 0 aliphatic carbocycles. The van der Waals surface area contributed by atoms with Crippen LogP contribution in [-0.4, -0.2) is 55.7 Å². The van der Waals surface area contributed by atoms with Gasteiger partial charge < -0.3 is 10.2 Å². The zero-order valence-corrected chi connectivity index (χ0v) is 15.9. The van der Waals surface area contributed by atoms with Crippen LogP contribution in [0.15, 0.2) is 35.5 Å². The van der Waals surface area contributed by atoms with Crippen molar-refractivity contribution in [1.82, 2.24) is 15.2 Å². The topological polar surface area (TPSA) is 57.6 Å². The molecule has 0 bridgehead atoms. The highest BCUT2D eigenvalue weighted by Crippen LogP contribution is 2.34. The lowest BCUT2D eigenvalue weighted by Crippen LogP contribution is -2.40. The average molecular weight is 352 g/mol. The quantitative estimate of drug-likeness (QED) is 0.842. The standard InChI is InChI=1S/C21H28N4O/c1-15-11-17(14-25(13-15)10-8-20(26)23-3)18-7-6-16(12-22-2)21-19(18)5-4-9-24-21/h4-7,9,12,15,17H,8,10-11,13-14H2,1-3H3,(H,23,26). The summed E-state index contributed by atoms with van der Waals surface area (Å²) in [5.41, 5.74) is 3.44. The van der Waals surface area contributed by atoms with Crippen molar-refractivity contribution >= 4 is 23.0 Å². The molecule has 1 amide bonds. The fourth-order valence-electron chi connectivity index (χ4n) is 4.07. The fraction of sp³-hybridized carbons (Fsp3) is 0.476. The van der Waals surface area contributed by atoms with Gasteiger partial charge in [0, 0.05) is 63.5 Å². The molecule has 3 rings (SSSR count). The molecule has 1 aliphatic rings. The number of carbonyl (C=O) groups is 1. The van der Waals surface area contributed by atoms with Gasteiger partial charge in [-0.2, -0.15) is 0 Å². The van der Waals surface area contributed by atoms with Gasteiger partial charge in [0.1, 0.15) is 0 Å². The Balaban J connectivity index is 1.88. The molecule has 0 spiro atoms. The van der Waals surface area contributed by atoms with Crippen LogP contribution in [0.2, 0.25) is 0 Å². The smallest absolute Gasteiger partial charge is 0.221 e. The Morgan fingerprint density at radius 1 is 1.38 bits per heavy atom. The van der Waals surface area contributed by atoms with E-state index in [1.54, 1.807) is 14.1 Å². The van der Waals surface area contributed by atoms with Crippen molar-refractivity contribution in [2.45, 2.75) is 25.7 Å². The van der Waals surface area contributed by atoms with E-state index in [-0.39, 0.29) is 5.91 Å². The SMILES string of the molecule is CN=Cc1ccc(C2CC(C)CN(CCC(=O)NC)C2)c2cccnc12.